The summed E-state index contributed by atoms with van der Waals surface area (Å²) in [5.74, 6) is -2.69. The zero-order valence-corrected chi connectivity index (χ0v) is 9.07. The largest absolute Gasteiger partial charge is 0.478 e. The number of anilines is 1. The monoisotopic (exact) mass is 240 g/mol. The second kappa shape index (κ2) is 5.95. The highest BCUT2D eigenvalue weighted by molar-refractivity contribution is 6.00. The number of carbonyl (C=O) groups is 2. The van der Waals surface area contributed by atoms with Crippen LogP contribution in [-0.4, -0.2) is 23.5 Å². The van der Waals surface area contributed by atoms with Crippen molar-refractivity contribution in [1.82, 2.24) is 0 Å². The minimum atomic E-state index is -1.42. The van der Waals surface area contributed by atoms with E-state index in [1.807, 2.05) is 0 Å². The maximum Gasteiger partial charge on any atom is 0.340 e. The summed E-state index contributed by atoms with van der Waals surface area (Å²) in [6.45, 7) is 0.363. The van der Waals surface area contributed by atoms with E-state index in [-0.39, 0.29) is 18.0 Å². The van der Waals surface area contributed by atoms with E-state index >= 15 is 0 Å². The van der Waals surface area contributed by atoms with E-state index in [1.54, 1.807) is 0 Å². The molecule has 4 N–H and O–H groups in total. The van der Waals surface area contributed by atoms with Crippen molar-refractivity contribution < 1.29 is 19.1 Å². The fourth-order valence-corrected chi connectivity index (χ4v) is 1.32. The summed E-state index contributed by atoms with van der Waals surface area (Å²) in [6, 6.07) is 3.70. The van der Waals surface area contributed by atoms with E-state index in [0.717, 1.165) is 6.07 Å². The molecule has 0 atom stereocenters. The number of aromatic carboxylic acids is 1. The summed E-state index contributed by atoms with van der Waals surface area (Å²) in [5, 5.41) is 11.2. The average molecular weight is 240 g/mol. The van der Waals surface area contributed by atoms with Gasteiger partial charge in [-0.05, 0) is 25.1 Å². The van der Waals surface area contributed by atoms with E-state index in [9.17, 15) is 14.0 Å². The number of rotatable bonds is 5. The number of carboxylic acids is 1. The lowest BCUT2D eigenvalue weighted by Gasteiger charge is -2.08. The highest BCUT2D eigenvalue weighted by Crippen LogP contribution is 2.19. The molecule has 0 saturated carbocycles. The average Bonchev–Trinajstić information content (AvgIpc) is 2.25. The van der Waals surface area contributed by atoms with Gasteiger partial charge in [-0.2, -0.15) is 0 Å². The molecule has 1 amide bonds. The molecule has 0 aliphatic carbocycles. The van der Waals surface area contributed by atoms with Crippen LogP contribution in [0.15, 0.2) is 18.2 Å². The summed E-state index contributed by atoms with van der Waals surface area (Å²) < 4.78 is 13.3. The number of carboxylic acid groups (broad SMARTS) is 1. The molecule has 0 aromatic heterocycles. The molecule has 6 heteroatoms. The Bertz CT molecular complexity index is 435. The topological polar surface area (TPSA) is 92.4 Å². The van der Waals surface area contributed by atoms with Crippen molar-refractivity contribution in [1.29, 1.82) is 0 Å². The van der Waals surface area contributed by atoms with Crippen molar-refractivity contribution in [2.45, 2.75) is 12.8 Å². The molecule has 0 heterocycles. The fraction of sp³-hybridized carbons (Fsp3) is 0.273. The second-order valence-electron chi connectivity index (χ2n) is 3.41. The van der Waals surface area contributed by atoms with Gasteiger partial charge in [0, 0.05) is 6.42 Å². The standard InChI is InChI=1S/C11H13FN2O3/c12-7-3-1-4-8(10(7)11(16)17)14-9(15)5-2-6-13/h1,3-4H,2,5-6,13H2,(H,14,15)(H,16,17). The van der Waals surface area contributed by atoms with E-state index in [1.165, 1.54) is 12.1 Å². The number of nitrogens with two attached hydrogens (primary N) is 1. The van der Waals surface area contributed by atoms with E-state index in [4.69, 9.17) is 10.8 Å². The maximum atomic E-state index is 13.3. The molecule has 1 rings (SSSR count). The Morgan fingerprint density at radius 2 is 2.12 bits per heavy atom. The first-order valence-corrected chi connectivity index (χ1v) is 5.08. The number of carbonyl (C=O) groups excluding carboxylic acids is 1. The van der Waals surface area contributed by atoms with Crippen molar-refractivity contribution in [3.05, 3.63) is 29.6 Å². The Labute approximate surface area is 97.4 Å². The van der Waals surface area contributed by atoms with Gasteiger partial charge in [-0.3, -0.25) is 4.79 Å². The number of hydrogen-bond donors (Lipinski definition) is 3. The van der Waals surface area contributed by atoms with Gasteiger partial charge in [-0.25, -0.2) is 9.18 Å². The Morgan fingerprint density at radius 3 is 2.71 bits per heavy atom. The van der Waals surface area contributed by atoms with Crippen molar-refractivity contribution in [3.8, 4) is 0 Å². The lowest BCUT2D eigenvalue weighted by atomic mass is 10.1. The first-order chi connectivity index (χ1) is 8.06. The Hall–Kier alpha value is -1.95. The molecule has 5 nitrogen and oxygen atoms in total. The Morgan fingerprint density at radius 1 is 1.41 bits per heavy atom. The predicted octanol–water partition coefficient (Wildman–Crippen LogP) is 1.20. The number of amides is 1. The molecule has 1 aromatic carbocycles. The molecule has 17 heavy (non-hydrogen) atoms. The van der Waals surface area contributed by atoms with Gasteiger partial charge >= 0.3 is 5.97 Å². The Kier molecular flexibility index (Phi) is 4.59. The number of nitrogens with one attached hydrogen (secondary N) is 1. The quantitative estimate of drug-likeness (QED) is 0.721. The summed E-state index contributed by atoms with van der Waals surface area (Å²) in [6.07, 6.45) is 0.662. The van der Waals surface area contributed by atoms with Crippen LogP contribution in [-0.2, 0) is 4.79 Å². The minimum Gasteiger partial charge on any atom is -0.478 e. The summed E-state index contributed by atoms with van der Waals surface area (Å²) in [4.78, 5) is 22.2. The first kappa shape index (κ1) is 13.1. The third kappa shape index (κ3) is 3.53. The van der Waals surface area contributed by atoms with Crippen LogP contribution in [0.4, 0.5) is 10.1 Å². The molecule has 0 saturated heterocycles. The van der Waals surface area contributed by atoms with E-state index in [2.05, 4.69) is 5.32 Å². The zero-order valence-electron chi connectivity index (χ0n) is 9.07. The number of halogens is 1. The summed E-state index contributed by atoms with van der Waals surface area (Å²) in [7, 11) is 0. The molecular weight excluding hydrogens is 227 g/mol. The van der Waals surface area contributed by atoms with Crippen LogP contribution in [0, 0.1) is 5.82 Å². The van der Waals surface area contributed by atoms with Crippen molar-refractivity contribution in [2.75, 3.05) is 11.9 Å². The van der Waals surface area contributed by atoms with Crippen LogP contribution >= 0.6 is 0 Å². The van der Waals surface area contributed by atoms with Crippen LogP contribution in [0.25, 0.3) is 0 Å². The highest BCUT2D eigenvalue weighted by atomic mass is 19.1. The number of hydrogen-bond acceptors (Lipinski definition) is 3. The molecule has 0 fully saturated rings. The molecule has 0 radical (unpaired) electrons. The van der Waals surface area contributed by atoms with Gasteiger partial charge in [-0.1, -0.05) is 6.07 Å². The predicted molar refractivity (Wildman–Crippen MR) is 60.3 cm³/mol. The van der Waals surface area contributed by atoms with Gasteiger partial charge < -0.3 is 16.2 Å². The second-order valence-corrected chi connectivity index (χ2v) is 3.41. The van der Waals surface area contributed by atoms with Crippen molar-refractivity contribution >= 4 is 17.6 Å². The number of benzene rings is 1. The smallest absolute Gasteiger partial charge is 0.340 e. The third-order valence-corrected chi connectivity index (χ3v) is 2.11. The van der Waals surface area contributed by atoms with Gasteiger partial charge in [0.1, 0.15) is 11.4 Å². The van der Waals surface area contributed by atoms with Crippen molar-refractivity contribution in [3.63, 3.8) is 0 Å². The van der Waals surface area contributed by atoms with Crippen LogP contribution in [0.2, 0.25) is 0 Å². The summed E-state index contributed by atoms with van der Waals surface area (Å²) >= 11 is 0. The van der Waals surface area contributed by atoms with Crippen LogP contribution in [0.3, 0.4) is 0 Å². The summed E-state index contributed by atoms with van der Waals surface area (Å²) in [5.41, 5.74) is 4.66. The van der Waals surface area contributed by atoms with E-state index < -0.39 is 17.3 Å². The van der Waals surface area contributed by atoms with Crippen LogP contribution in [0.1, 0.15) is 23.2 Å². The lowest BCUT2D eigenvalue weighted by molar-refractivity contribution is -0.116. The van der Waals surface area contributed by atoms with Gasteiger partial charge in [0.25, 0.3) is 0 Å². The fourth-order valence-electron chi connectivity index (χ4n) is 1.32. The maximum absolute atomic E-state index is 13.3. The van der Waals surface area contributed by atoms with Gasteiger partial charge in [0.05, 0.1) is 5.69 Å². The molecule has 0 aliphatic rings. The molecule has 1 aromatic rings. The lowest BCUT2D eigenvalue weighted by Crippen LogP contribution is -2.16. The molecule has 0 bridgehead atoms. The molecule has 92 valence electrons. The van der Waals surface area contributed by atoms with Crippen LogP contribution < -0.4 is 11.1 Å². The van der Waals surface area contributed by atoms with Gasteiger partial charge in [-0.15, -0.1) is 0 Å². The zero-order chi connectivity index (χ0) is 12.8. The van der Waals surface area contributed by atoms with Crippen molar-refractivity contribution in [2.24, 2.45) is 5.73 Å². The van der Waals surface area contributed by atoms with Gasteiger partial charge in [0.15, 0.2) is 0 Å². The van der Waals surface area contributed by atoms with Gasteiger partial charge in [0.2, 0.25) is 5.91 Å². The normalized spacial score (nSPS) is 10.0. The minimum absolute atomic E-state index is 0.0421. The third-order valence-electron chi connectivity index (χ3n) is 2.11. The SMILES string of the molecule is NCCCC(=O)Nc1cccc(F)c1C(=O)O. The van der Waals surface area contributed by atoms with E-state index in [0.29, 0.717) is 13.0 Å². The van der Waals surface area contributed by atoms with Crippen LogP contribution in [0.5, 0.6) is 0 Å². The molecule has 0 aliphatic heterocycles. The molecular formula is C11H13FN2O3. The first-order valence-electron chi connectivity index (χ1n) is 5.08. The highest BCUT2D eigenvalue weighted by Gasteiger charge is 2.16. The Balaban J connectivity index is 2.87. The molecule has 0 spiro atoms. The molecule has 0 unspecified atom stereocenters.